The van der Waals surface area contributed by atoms with Gasteiger partial charge in [0.2, 0.25) is 0 Å². The zero-order chi connectivity index (χ0) is 12.1. The molecule has 0 amide bonds. The molecule has 1 rings (SSSR count). The van der Waals surface area contributed by atoms with Gasteiger partial charge in [0.15, 0.2) is 0 Å². The van der Waals surface area contributed by atoms with Crippen LogP contribution in [0.25, 0.3) is 0 Å². The lowest BCUT2D eigenvalue weighted by atomic mass is 10.1. The van der Waals surface area contributed by atoms with Gasteiger partial charge < -0.3 is 20.5 Å². The van der Waals surface area contributed by atoms with E-state index in [4.69, 9.17) is 20.5 Å². The minimum atomic E-state index is -1.06. The van der Waals surface area contributed by atoms with E-state index in [1.807, 2.05) is 0 Å². The Morgan fingerprint density at radius 2 is 2.44 bits per heavy atom. The molecular formula is C9H13BN2O4. The summed E-state index contributed by atoms with van der Waals surface area (Å²) < 4.78 is 4.89. The maximum atomic E-state index is 10.5. The van der Waals surface area contributed by atoms with E-state index in [2.05, 4.69) is 4.98 Å². The van der Waals surface area contributed by atoms with Crippen LogP contribution < -0.4 is 10.4 Å². The average Bonchev–Trinajstić information content (AvgIpc) is 2.22. The zero-order valence-corrected chi connectivity index (χ0v) is 8.88. The summed E-state index contributed by atoms with van der Waals surface area (Å²) in [5, 5.41) is 17.2. The standard InChI is InChI=1S/C9H13BN2O4/c1-5-2-6(3-7(11)9(13)14)12-4-8(5)16-10-15/h2,4,7,10,15H,3,11H2,1H3,(H,13,14)/t7-/m0/s1. The number of nitrogens with two attached hydrogens (primary N) is 1. The molecule has 0 aromatic carbocycles. The van der Waals surface area contributed by atoms with Crippen molar-refractivity contribution in [3.05, 3.63) is 23.5 Å². The summed E-state index contributed by atoms with van der Waals surface area (Å²) in [4.78, 5) is 14.5. The second-order valence-electron chi connectivity index (χ2n) is 3.36. The Hall–Kier alpha value is -1.60. The maximum absolute atomic E-state index is 10.5. The van der Waals surface area contributed by atoms with Crippen LogP contribution in [0, 0.1) is 6.92 Å². The number of rotatable bonds is 5. The highest BCUT2D eigenvalue weighted by atomic mass is 16.5. The molecule has 86 valence electrons. The van der Waals surface area contributed by atoms with E-state index in [-0.39, 0.29) is 6.42 Å². The summed E-state index contributed by atoms with van der Waals surface area (Å²) in [5.41, 5.74) is 6.74. The fraction of sp³-hybridized carbons (Fsp3) is 0.333. The molecule has 6 nitrogen and oxygen atoms in total. The highest BCUT2D eigenvalue weighted by molar-refractivity contribution is 6.17. The molecule has 7 heteroatoms. The molecule has 4 N–H and O–H groups in total. The van der Waals surface area contributed by atoms with Crippen LogP contribution in [0.5, 0.6) is 5.75 Å². The van der Waals surface area contributed by atoms with Crippen molar-refractivity contribution in [3.63, 3.8) is 0 Å². The summed E-state index contributed by atoms with van der Waals surface area (Å²) in [6, 6.07) is 0.727. The highest BCUT2D eigenvalue weighted by Gasteiger charge is 2.13. The minimum Gasteiger partial charge on any atom is -0.538 e. The highest BCUT2D eigenvalue weighted by Crippen LogP contribution is 2.16. The molecule has 16 heavy (non-hydrogen) atoms. The summed E-state index contributed by atoms with van der Waals surface area (Å²) in [6.45, 7) is 1.78. The van der Waals surface area contributed by atoms with Gasteiger partial charge in [-0.3, -0.25) is 9.78 Å². The molecule has 1 aromatic rings. The SMILES string of the molecule is Cc1cc(C[C@H](N)C(=O)O)ncc1OBO. The first-order valence-corrected chi connectivity index (χ1v) is 4.72. The average molecular weight is 224 g/mol. The van der Waals surface area contributed by atoms with Gasteiger partial charge >= 0.3 is 13.7 Å². The van der Waals surface area contributed by atoms with Crippen molar-refractivity contribution in [2.75, 3.05) is 0 Å². The van der Waals surface area contributed by atoms with E-state index in [0.717, 1.165) is 5.56 Å². The smallest absolute Gasteiger partial charge is 0.504 e. The van der Waals surface area contributed by atoms with E-state index in [1.165, 1.54) is 6.20 Å². The lowest BCUT2D eigenvalue weighted by Crippen LogP contribution is -2.32. The van der Waals surface area contributed by atoms with Gasteiger partial charge in [-0.25, -0.2) is 0 Å². The number of aliphatic carboxylic acids is 1. The molecule has 0 aliphatic carbocycles. The number of carbonyl (C=O) groups is 1. The number of carboxylic acids is 1. The van der Waals surface area contributed by atoms with Gasteiger partial charge in [0.05, 0.1) is 6.20 Å². The van der Waals surface area contributed by atoms with Crippen molar-refractivity contribution in [1.29, 1.82) is 0 Å². The van der Waals surface area contributed by atoms with Gasteiger partial charge in [-0.15, -0.1) is 0 Å². The number of hydrogen-bond acceptors (Lipinski definition) is 5. The van der Waals surface area contributed by atoms with Crippen molar-refractivity contribution in [3.8, 4) is 5.75 Å². The van der Waals surface area contributed by atoms with Crippen LogP contribution in [0.2, 0.25) is 0 Å². The second-order valence-corrected chi connectivity index (χ2v) is 3.36. The Balaban J connectivity index is 2.77. The Kier molecular flexibility index (Phi) is 4.27. The molecule has 0 aliphatic rings. The van der Waals surface area contributed by atoms with Crippen LogP contribution in [-0.2, 0) is 11.2 Å². The molecule has 0 spiro atoms. The maximum Gasteiger partial charge on any atom is 0.504 e. The normalized spacial score (nSPS) is 11.9. The number of aromatic nitrogens is 1. The minimum absolute atomic E-state index is 0.162. The fourth-order valence-corrected chi connectivity index (χ4v) is 1.25. The molecular weight excluding hydrogens is 211 g/mol. The van der Waals surface area contributed by atoms with E-state index in [1.54, 1.807) is 13.0 Å². The van der Waals surface area contributed by atoms with Crippen LogP contribution in [0.1, 0.15) is 11.3 Å². The van der Waals surface area contributed by atoms with E-state index in [9.17, 15) is 4.79 Å². The molecule has 1 heterocycles. The zero-order valence-electron chi connectivity index (χ0n) is 8.88. The van der Waals surface area contributed by atoms with Gasteiger partial charge in [-0.05, 0) is 18.6 Å². The van der Waals surface area contributed by atoms with Gasteiger partial charge in [0.1, 0.15) is 11.8 Å². The predicted octanol–water partition coefficient (Wildman–Crippen LogP) is -1.02. The molecule has 1 aromatic heterocycles. The van der Waals surface area contributed by atoms with Crippen LogP contribution in [0.3, 0.4) is 0 Å². The second kappa shape index (κ2) is 5.48. The van der Waals surface area contributed by atoms with E-state index in [0.29, 0.717) is 11.4 Å². The van der Waals surface area contributed by atoms with Crippen LogP contribution >= 0.6 is 0 Å². The van der Waals surface area contributed by atoms with Crippen LogP contribution in [-0.4, -0.2) is 34.8 Å². The van der Waals surface area contributed by atoms with Gasteiger partial charge in [-0.2, -0.15) is 0 Å². The van der Waals surface area contributed by atoms with Crippen molar-refractivity contribution in [1.82, 2.24) is 4.98 Å². The van der Waals surface area contributed by atoms with Gasteiger partial charge in [-0.1, -0.05) is 0 Å². The molecule has 0 aliphatic heterocycles. The molecule has 0 unspecified atom stereocenters. The molecule has 0 radical (unpaired) electrons. The Morgan fingerprint density at radius 3 is 2.94 bits per heavy atom. The van der Waals surface area contributed by atoms with E-state index < -0.39 is 19.7 Å². The first-order valence-electron chi connectivity index (χ1n) is 4.72. The number of hydrogen-bond donors (Lipinski definition) is 3. The molecule has 0 bridgehead atoms. The van der Waals surface area contributed by atoms with E-state index >= 15 is 0 Å². The Morgan fingerprint density at radius 1 is 1.75 bits per heavy atom. The summed E-state index contributed by atoms with van der Waals surface area (Å²) in [6.07, 6.45) is 1.60. The number of aryl methyl sites for hydroxylation is 1. The van der Waals surface area contributed by atoms with Gasteiger partial charge in [0, 0.05) is 12.1 Å². The van der Waals surface area contributed by atoms with Crippen LogP contribution in [0.4, 0.5) is 0 Å². The van der Waals surface area contributed by atoms with Crippen molar-refractivity contribution in [2.45, 2.75) is 19.4 Å². The quantitative estimate of drug-likeness (QED) is 0.553. The third-order valence-electron chi connectivity index (χ3n) is 2.09. The number of nitrogens with zero attached hydrogens (tertiary/aromatic N) is 1. The summed E-state index contributed by atoms with van der Waals surface area (Å²) in [7, 11) is -0.420. The first-order chi connectivity index (χ1) is 7.54. The monoisotopic (exact) mass is 224 g/mol. The number of pyridine rings is 1. The molecule has 0 saturated heterocycles. The molecule has 0 saturated carbocycles. The largest absolute Gasteiger partial charge is 0.538 e. The van der Waals surface area contributed by atoms with Crippen LogP contribution in [0.15, 0.2) is 12.3 Å². The Bertz CT molecular complexity index is 386. The number of carboxylic acid groups (broad SMARTS) is 1. The molecule has 1 atom stereocenters. The lowest BCUT2D eigenvalue weighted by Gasteiger charge is -2.09. The third-order valence-corrected chi connectivity index (χ3v) is 2.09. The van der Waals surface area contributed by atoms with Crippen molar-refractivity contribution < 1.29 is 19.6 Å². The fourth-order valence-electron chi connectivity index (χ4n) is 1.25. The van der Waals surface area contributed by atoms with Gasteiger partial charge in [0.25, 0.3) is 0 Å². The van der Waals surface area contributed by atoms with Crippen molar-refractivity contribution >= 4 is 13.7 Å². The first kappa shape index (κ1) is 12.5. The summed E-state index contributed by atoms with van der Waals surface area (Å²) in [5.74, 6) is -0.592. The van der Waals surface area contributed by atoms with Crippen molar-refractivity contribution in [2.24, 2.45) is 5.73 Å². The topological polar surface area (TPSA) is 106 Å². The lowest BCUT2D eigenvalue weighted by molar-refractivity contribution is -0.138. The third kappa shape index (κ3) is 3.21. The Labute approximate surface area is 93.4 Å². The molecule has 0 fully saturated rings. The predicted molar refractivity (Wildman–Crippen MR) is 58.3 cm³/mol. The summed E-state index contributed by atoms with van der Waals surface area (Å²) >= 11 is 0.